The van der Waals surface area contributed by atoms with E-state index < -0.39 is 0 Å². The fourth-order valence-corrected chi connectivity index (χ4v) is 6.00. The van der Waals surface area contributed by atoms with Crippen LogP contribution in [-0.4, -0.2) is 69.2 Å². The van der Waals surface area contributed by atoms with E-state index in [9.17, 15) is 4.79 Å². The molecule has 3 heterocycles. The molecule has 1 aromatic carbocycles. The van der Waals surface area contributed by atoms with Crippen molar-refractivity contribution in [2.24, 2.45) is 11.8 Å². The summed E-state index contributed by atoms with van der Waals surface area (Å²) >= 11 is 6.44. The Labute approximate surface area is 248 Å². The van der Waals surface area contributed by atoms with Crippen LogP contribution in [0.25, 0.3) is 0 Å². The fourth-order valence-electron chi connectivity index (χ4n) is 5.77. The summed E-state index contributed by atoms with van der Waals surface area (Å²) in [5.74, 6) is 1.58. The van der Waals surface area contributed by atoms with Crippen molar-refractivity contribution < 1.29 is 23.7 Å². The Morgan fingerprint density at radius 3 is 2.66 bits per heavy atom. The number of pyridine rings is 1. The summed E-state index contributed by atoms with van der Waals surface area (Å²) in [6.07, 6.45) is 4.02. The highest BCUT2D eigenvalue weighted by Crippen LogP contribution is 2.36. The van der Waals surface area contributed by atoms with E-state index >= 15 is 0 Å². The molecule has 0 aliphatic carbocycles. The Hall–Kier alpha value is -3.22. The number of esters is 1. The number of hydrogen-bond acceptors (Lipinski definition) is 9. The van der Waals surface area contributed by atoms with Gasteiger partial charge in [0, 0.05) is 68.7 Å². The molecule has 2 aliphatic heterocycles. The lowest BCUT2D eigenvalue weighted by Gasteiger charge is -2.38. The maximum absolute atomic E-state index is 12.4. The molecule has 9 nitrogen and oxygen atoms in total. The van der Waals surface area contributed by atoms with E-state index in [-0.39, 0.29) is 36.1 Å². The van der Waals surface area contributed by atoms with Gasteiger partial charge in [-0.3, -0.25) is 4.79 Å². The predicted octanol–water partition coefficient (Wildman–Crippen LogP) is 5.50. The van der Waals surface area contributed by atoms with Gasteiger partial charge in [-0.1, -0.05) is 25.4 Å². The highest BCUT2D eigenvalue weighted by molar-refractivity contribution is 6.33. The molecule has 4 rings (SSSR count). The second kappa shape index (κ2) is 14.6. The third-order valence-corrected chi connectivity index (χ3v) is 8.35. The van der Waals surface area contributed by atoms with Crippen molar-refractivity contribution >= 4 is 28.9 Å². The molecule has 0 amide bonds. The molecular formula is C31H41ClN4O5. The molecule has 41 heavy (non-hydrogen) atoms. The lowest BCUT2D eigenvalue weighted by atomic mass is 9.96. The second-order valence-corrected chi connectivity index (χ2v) is 11.2. The summed E-state index contributed by atoms with van der Waals surface area (Å²) < 4.78 is 23.1. The Morgan fingerprint density at radius 2 is 1.98 bits per heavy atom. The first kappa shape index (κ1) is 30.7. The van der Waals surface area contributed by atoms with Crippen LogP contribution in [0.1, 0.15) is 46.5 Å². The van der Waals surface area contributed by atoms with Crippen LogP contribution in [0.3, 0.4) is 0 Å². The maximum atomic E-state index is 12.4. The van der Waals surface area contributed by atoms with Crippen LogP contribution in [0.2, 0.25) is 5.02 Å². The summed E-state index contributed by atoms with van der Waals surface area (Å²) in [6, 6.07) is 12.1. The average Bonchev–Trinajstić information content (AvgIpc) is 3.27. The van der Waals surface area contributed by atoms with Crippen LogP contribution in [0.5, 0.6) is 11.6 Å². The zero-order chi connectivity index (χ0) is 29.4. The summed E-state index contributed by atoms with van der Waals surface area (Å²) in [6.45, 7) is 9.34. The molecule has 2 aliphatic rings. The molecule has 2 fully saturated rings. The van der Waals surface area contributed by atoms with Crippen molar-refractivity contribution in [3.05, 3.63) is 41.6 Å². The van der Waals surface area contributed by atoms with Gasteiger partial charge in [0.15, 0.2) is 0 Å². The molecule has 10 heteroatoms. The van der Waals surface area contributed by atoms with Crippen molar-refractivity contribution in [1.82, 2.24) is 4.98 Å². The number of carbonyl (C=O) groups excluding carboxylic acids is 1. The molecule has 2 aromatic rings. The van der Waals surface area contributed by atoms with Crippen molar-refractivity contribution in [1.29, 1.82) is 5.26 Å². The Kier molecular flexibility index (Phi) is 10.9. The Balaban J connectivity index is 1.39. The lowest BCUT2D eigenvalue weighted by molar-refractivity contribution is -0.143. The molecule has 0 spiro atoms. The maximum Gasteiger partial charge on any atom is 0.307 e. The number of benzene rings is 1. The molecule has 2 saturated heterocycles. The number of hydrogen-bond donors (Lipinski definition) is 0. The van der Waals surface area contributed by atoms with Crippen LogP contribution >= 0.6 is 11.6 Å². The van der Waals surface area contributed by atoms with Crippen molar-refractivity contribution in [3.63, 3.8) is 0 Å². The largest absolute Gasteiger partial charge is 0.490 e. The number of ether oxygens (including phenoxy) is 4. The molecule has 0 N–H and O–H groups in total. The van der Waals surface area contributed by atoms with Gasteiger partial charge in [-0.15, -0.1) is 0 Å². The molecule has 222 valence electrons. The number of halogens is 1. The smallest absolute Gasteiger partial charge is 0.307 e. The number of aromatic nitrogens is 1. The van der Waals surface area contributed by atoms with Gasteiger partial charge in [-0.25, -0.2) is 4.98 Å². The molecule has 5 atom stereocenters. The van der Waals surface area contributed by atoms with Crippen molar-refractivity contribution in [3.8, 4) is 17.7 Å². The average molecular weight is 585 g/mol. The zero-order valence-electron chi connectivity index (χ0n) is 24.4. The fraction of sp³-hybridized carbons (Fsp3) is 0.581. The van der Waals surface area contributed by atoms with Crippen LogP contribution in [-0.2, 0) is 14.3 Å². The Morgan fingerprint density at radius 1 is 1.20 bits per heavy atom. The van der Waals surface area contributed by atoms with Crippen LogP contribution in [0.4, 0.5) is 11.4 Å². The van der Waals surface area contributed by atoms with Crippen molar-refractivity contribution in [2.75, 3.05) is 49.8 Å². The van der Waals surface area contributed by atoms with Gasteiger partial charge in [0.25, 0.3) is 0 Å². The first-order valence-electron chi connectivity index (χ1n) is 14.5. The van der Waals surface area contributed by atoms with Crippen LogP contribution < -0.4 is 19.3 Å². The van der Waals surface area contributed by atoms with E-state index in [1.165, 1.54) is 0 Å². The third-order valence-electron chi connectivity index (χ3n) is 8.06. The minimum absolute atomic E-state index is 0.0241. The molecule has 0 radical (unpaired) electrons. The monoisotopic (exact) mass is 584 g/mol. The minimum Gasteiger partial charge on any atom is -0.490 e. The lowest BCUT2D eigenvalue weighted by Crippen LogP contribution is -2.44. The first-order chi connectivity index (χ1) is 19.8. The van der Waals surface area contributed by atoms with E-state index in [0.717, 1.165) is 36.6 Å². The predicted molar refractivity (Wildman–Crippen MR) is 159 cm³/mol. The van der Waals surface area contributed by atoms with Gasteiger partial charge in [0.2, 0.25) is 5.88 Å². The topological polar surface area (TPSA) is 97.2 Å². The quantitative estimate of drug-likeness (QED) is 0.236. The summed E-state index contributed by atoms with van der Waals surface area (Å²) in [7, 11) is 1.60. The van der Waals surface area contributed by atoms with E-state index in [2.05, 4.69) is 46.8 Å². The van der Waals surface area contributed by atoms with Crippen LogP contribution in [0, 0.1) is 23.2 Å². The van der Waals surface area contributed by atoms with Gasteiger partial charge in [-0.05, 0) is 37.6 Å². The van der Waals surface area contributed by atoms with E-state index in [1.807, 2.05) is 25.1 Å². The number of unbranched alkanes of at least 4 members (excludes halogenated alkanes) is 1. The summed E-state index contributed by atoms with van der Waals surface area (Å²) in [5.41, 5.74) is 1.95. The normalized spacial score (nSPS) is 24.1. The molecular weight excluding hydrogens is 544 g/mol. The molecule has 1 aromatic heterocycles. The zero-order valence-corrected chi connectivity index (χ0v) is 25.2. The van der Waals surface area contributed by atoms with E-state index in [0.29, 0.717) is 49.9 Å². The van der Waals surface area contributed by atoms with E-state index in [1.54, 1.807) is 13.3 Å². The molecule has 2 unspecified atom stereocenters. The number of nitrogens with zero attached hydrogens (tertiary/aromatic N) is 4. The third kappa shape index (κ3) is 7.75. The number of nitriles is 1. The molecule has 0 bridgehead atoms. The highest BCUT2D eigenvalue weighted by Gasteiger charge is 2.41. The SMILES string of the molecule is CCOC(=O)C[C@H]1[C@H](C)[C@@H](OCCCC#N)CN1c1ccc(OC2CCN(c3cc(OC)ncc3Cl)CC2C)cc1. The van der Waals surface area contributed by atoms with E-state index in [4.69, 9.17) is 35.8 Å². The first-order valence-corrected chi connectivity index (χ1v) is 14.8. The highest BCUT2D eigenvalue weighted by atomic mass is 35.5. The molecule has 0 saturated carbocycles. The standard InChI is InChI=1S/C31H41ClN4O5/c1-5-39-31(37)17-26-22(3)29(40-15-7-6-13-33)20-36(26)23-8-10-24(11-9-23)41-28-12-14-35(19-21(28)2)27-16-30(38-4)34-18-25(27)32/h8-11,16,18,21-22,26,28-29H,5-7,12,14-15,17,19-20H2,1-4H3/t21?,22-,26-,28?,29-/m0/s1. The number of rotatable bonds is 12. The number of piperidine rings is 1. The van der Waals surface area contributed by atoms with Crippen LogP contribution in [0.15, 0.2) is 36.5 Å². The number of methoxy groups -OCH3 is 1. The van der Waals surface area contributed by atoms with Gasteiger partial charge in [-0.2, -0.15) is 5.26 Å². The second-order valence-electron chi connectivity index (χ2n) is 10.8. The number of anilines is 2. The minimum atomic E-state index is -0.203. The van der Waals surface area contributed by atoms with Gasteiger partial charge in [0.05, 0.1) is 49.2 Å². The summed E-state index contributed by atoms with van der Waals surface area (Å²) in [5, 5.41) is 9.44. The summed E-state index contributed by atoms with van der Waals surface area (Å²) in [4.78, 5) is 21.1. The van der Waals surface area contributed by atoms with Gasteiger partial charge < -0.3 is 28.7 Å². The Bertz CT molecular complexity index is 1190. The van der Waals surface area contributed by atoms with Gasteiger partial charge >= 0.3 is 5.97 Å². The van der Waals surface area contributed by atoms with Gasteiger partial charge in [0.1, 0.15) is 11.9 Å². The number of carbonyl (C=O) groups is 1. The van der Waals surface area contributed by atoms with Crippen molar-refractivity contribution in [2.45, 2.75) is 64.7 Å².